The molecule has 0 bridgehead atoms. The molecule has 1 aromatic rings. The molecule has 1 N–H and O–H groups in total. The first kappa shape index (κ1) is 14.9. The van der Waals surface area contributed by atoms with Crippen LogP contribution in [0.5, 0.6) is 5.75 Å². The highest BCUT2D eigenvalue weighted by atomic mass is 16.5. The van der Waals surface area contributed by atoms with Crippen molar-refractivity contribution >= 4 is 12.0 Å². The number of carbonyl (C=O) groups excluding carboxylic acids is 1. The maximum Gasteiger partial charge on any atom is 0.407 e. The third-order valence-corrected chi connectivity index (χ3v) is 3.22. The number of likely N-dealkylation sites (N-methyl/N-ethyl adjacent to an activating group) is 1. The summed E-state index contributed by atoms with van der Waals surface area (Å²) in [5.41, 5.74) is 1.96. The van der Waals surface area contributed by atoms with E-state index in [9.17, 15) is 9.59 Å². The first-order valence-corrected chi connectivity index (χ1v) is 6.57. The molecule has 2 amide bonds. The average Bonchev–Trinajstić information content (AvgIpc) is 2.86. The number of ether oxygens (including phenoxy) is 1. The van der Waals surface area contributed by atoms with Crippen LogP contribution in [0, 0.1) is 0 Å². The SMILES string of the molecule is CN(C)C(=O)/C=C/COc1ccc2c(c1)CN(C(=O)O)C2. The minimum Gasteiger partial charge on any atom is -0.490 e. The lowest BCUT2D eigenvalue weighted by Gasteiger charge is -2.08. The first-order valence-electron chi connectivity index (χ1n) is 6.57. The molecule has 1 aliphatic heterocycles. The van der Waals surface area contributed by atoms with Crippen LogP contribution in [0.15, 0.2) is 30.4 Å². The molecule has 0 fully saturated rings. The van der Waals surface area contributed by atoms with E-state index in [1.165, 1.54) is 15.9 Å². The van der Waals surface area contributed by atoms with Crippen molar-refractivity contribution in [1.82, 2.24) is 9.80 Å². The second-order valence-electron chi connectivity index (χ2n) is 5.02. The van der Waals surface area contributed by atoms with Gasteiger partial charge < -0.3 is 14.7 Å². The van der Waals surface area contributed by atoms with Crippen LogP contribution in [0.3, 0.4) is 0 Å². The van der Waals surface area contributed by atoms with Gasteiger partial charge in [-0.25, -0.2) is 4.79 Å². The third kappa shape index (κ3) is 3.75. The summed E-state index contributed by atoms with van der Waals surface area (Å²) in [6.07, 6.45) is 2.19. The normalized spacial score (nSPS) is 13.3. The number of rotatable bonds is 4. The minimum atomic E-state index is -0.918. The first-order chi connectivity index (χ1) is 9.97. The Morgan fingerprint density at radius 2 is 2.05 bits per heavy atom. The van der Waals surface area contributed by atoms with Gasteiger partial charge in [0.25, 0.3) is 0 Å². The van der Waals surface area contributed by atoms with Crippen LogP contribution in [0.4, 0.5) is 4.79 Å². The molecule has 2 rings (SSSR count). The van der Waals surface area contributed by atoms with E-state index in [-0.39, 0.29) is 5.91 Å². The molecule has 0 unspecified atom stereocenters. The molecule has 0 atom stereocenters. The molecule has 112 valence electrons. The number of hydrogen-bond donors (Lipinski definition) is 1. The third-order valence-electron chi connectivity index (χ3n) is 3.22. The van der Waals surface area contributed by atoms with Gasteiger partial charge in [-0.1, -0.05) is 6.07 Å². The molecule has 0 spiro atoms. The highest BCUT2D eigenvalue weighted by Gasteiger charge is 2.22. The second kappa shape index (κ2) is 6.30. The fourth-order valence-electron chi connectivity index (χ4n) is 2.04. The zero-order chi connectivity index (χ0) is 15.4. The predicted octanol–water partition coefficient (Wildman–Crippen LogP) is 1.70. The Morgan fingerprint density at radius 3 is 2.71 bits per heavy atom. The van der Waals surface area contributed by atoms with Gasteiger partial charge in [-0.2, -0.15) is 0 Å². The van der Waals surface area contributed by atoms with Crippen LogP contribution in [0.2, 0.25) is 0 Å². The lowest BCUT2D eigenvalue weighted by atomic mass is 10.1. The monoisotopic (exact) mass is 290 g/mol. The van der Waals surface area contributed by atoms with Crippen molar-refractivity contribution in [1.29, 1.82) is 0 Å². The lowest BCUT2D eigenvalue weighted by molar-refractivity contribution is -0.123. The van der Waals surface area contributed by atoms with E-state index in [1.807, 2.05) is 18.2 Å². The number of hydrogen-bond acceptors (Lipinski definition) is 3. The summed E-state index contributed by atoms with van der Waals surface area (Å²) >= 11 is 0. The van der Waals surface area contributed by atoms with Crippen LogP contribution < -0.4 is 4.74 Å². The summed E-state index contributed by atoms with van der Waals surface area (Å²) in [4.78, 5) is 25.1. The summed E-state index contributed by atoms with van der Waals surface area (Å²) in [5, 5.41) is 8.97. The van der Waals surface area contributed by atoms with E-state index < -0.39 is 6.09 Å². The summed E-state index contributed by atoms with van der Waals surface area (Å²) in [7, 11) is 3.37. The van der Waals surface area contributed by atoms with Gasteiger partial charge in [0.05, 0.1) is 0 Å². The largest absolute Gasteiger partial charge is 0.490 e. The van der Waals surface area contributed by atoms with Crippen LogP contribution in [-0.4, -0.2) is 47.6 Å². The fraction of sp³-hybridized carbons (Fsp3) is 0.333. The smallest absolute Gasteiger partial charge is 0.407 e. The van der Waals surface area contributed by atoms with Gasteiger partial charge in [-0.3, -0.25) is 9.69 Å². The molecule has 1 aromatic carbocycles. The van der Waals surface area contributed by atoms with E-state index in [1.54, 1.807) is 20.2 Å². The van der Waals surface area contributed by atoms with E-state index in [0.717, 1.165) is 11.1 Å². The zero-order valence-corrected chi connectivity index (χ0v) is 12.1. The molecule has 0 saturated heterocycles. The summed E-state index contributed by atoms with van der Waals surface area (Å²) in [5.74, 6) is 0.576. The van der Waals surface area contributed by atoms with Crippen molar-refractivity contribution in [2.75, 3.05) is 20.7 Å². The van der Waals surface area contributed by atoms with Crippen LogP contribution in [-0.2, 0) is 17.9 Å². The number of nitrogens with zero attached hydrogens (tertiary/aromatic N) is 2. The molecule has 0 radical (unpaired) electrons. The molecule has 6 heteroatoms. The van der Waals surface area contributed by atoms with Gasteiger partial charge in [0.1, 0.15) is 12.4 Å². The summed E-state index contributed by atoms with van der Waals surface area (Å²) < 4.78 is 5.53. The lowest BCUT2D eigenvalue weighted by Crippen LogP contribution is -2.22. The number of carboxylic acid groups (broad SMARTS) is 1. The molecule has 6 nitrogen and oxygen atoms in total. The number of fused-ring (bicyclic) bond motifs is 1. The molecule has 0 saturated carbocycles. The van der Waals surface area contributed by atoms with Gasteiger partial charge in [0, 0.05) is 33.3 Å². The van der Waals surface area contributed by atoms with Gasteiger partial charge in [0.2, 0.25) is 5.91 Å². The van der Waals surface area contributed by atoms with Crippen LogP contribution in [0.1, 0.15) is 11.1 Å². The highest BCUT2D eigenvalue weighted by Crippen LogP contribution is 2.26. The number of carbonyl (C=O) groups is 2. The topological polar surface area (TPSA) is 70.1 Å². The molecular formula is C15H18N2O4. The van der Waals surface area contributed by atoms with E-state index in [4.69, 9.17) is 9.84 Å². The van der Waals surface area contributed by atoms with Crippen LogP contribution in [0.25, 0.3) is 0 Å². The molecule has 21 heavy (non-hydrogen) atoms. The van der Waals surface area contributed by atoms with Gasteiger partial charge in [-0.15, -0.1) is 0 Å². The molecular weight excluding hydrogens is 272 g/mol. The van der Waals surface area contributed by atoms with E-state index >= 15 is 0 Å². The van der Waals surface area contributed by atoms with E-state index in [0.29, 0.717) is 25.4 Å². The van der Waals surface area contributed by atoms with Crippen LogP contribution >= 0.6 is 0 Å². The molecule has 1 heterocycles. The van der Waals surface area contributed by atoms with Crippen molar-refractivity contribution in [2.24, 2.45) is 0 Å². The Kier molecular flexibility index (Phi) is 4.47. The Hall–Kier alpha value is -2.50. The standard InChI is InChI=1S/C15H18N2O4/c1-16(2)14(18)4-3-7-21-13-6-5-11-9-17(15(19)20)10-12(11)8-13/h3-6,8H,7,9-10H2,1-2H3,(H,19,20)/b4-3+. The zero-order valence-electron chi connectivity index (χ0n) is 12.1. The average molecular weight is 290 g/mol. The van der Waals surface area contributed by atoms with Crippen molar-refractivity contribution in [3.8, 4) is 5.75 Å². The van der Waals surface area contributed by atoms with Gasteiger partial charge in [0.15, 0.2) is 0 Å². The maximum absolute atomic E-state index is 11.3. The second-order valence-corrected chi connectivity index (χ2v) is 5.02. The van der Waals surface area contributed by atoms with Crippen molar-refractivity contribution in [3.63, 3.8) is 0 Å². The molecule has 0 aliphatic carbocycles. The molecule has 1 aliphatic rings. The Labute approximate surface area is 123 Å². The highest BCUT2D eigenvalue weighted by molar-refractivity contribution is 5.87. The quantitative estimate of drug-likeness (QED) is 0.857. The van der Waals surface area contributed by atoms with E-state index in [2.05, 4.69) is 0 Å². The predicted molar refractivity (Wildman–Crippen MR) is 77.0 cm³/mol. The Bertz CT molecular complexity index is 581. The Morgan fingerprint density at radius 1 is 1.33 bits per heavy atom. The van der Waals surface area contributed by atoms with Crippen molar-refractivity contribution in [3.05, 3.63) is 41.5 Å². The molecule has 0 aromatic heterocycles. The number of benzene rings is 1. The van der Waals surface area contributed by atoms with Crippen molar-refractivity contribution in [2.45, 2.75) is 13.1 Å². The summed E-state index contributed by atoms with van der Waals surface area (Å²) in [6, 6.07) is 5.54. The Balaban J connectivity index is 1.91. The minimum absolute atomic E-state index is 0.0929. The van der Waals surface area contributed by atoms with Gasteiger partial charge >= 0.3 is 6.09 Å². The number of amides is 2. The van der Waals surface area contributed by atoms with Gasteiger partial charge in [-0.05, 0) is 29.3 Å². The van der Waals surface area contributed by atoms with Crippen molar-refractivity contribution < 1.29 is 19.4 Å². The fourth-order valence-corrected chi connectivity index (χ4v) is 2.04. The summed E-state index contributed by atoms with van der Waals surface area (Å²) in [6.45, 7) is 1.10. The maximum atomic E-state index is 11.3.